The van der Waals surface area contributed by atoms with Gasteiger partial charge in [-0.15, -0.1) is 0 Å². The van der Waals surface area contributed by atoms with E-state index in [1.807, 2.05) is 0 Å². The van der Waals surface area contributed by atoms with E-state index >= 15 is 0 Å². The van der Waals surface area contributed by atoms with Crippen LogP contribution in [0.4, 0.5) is 0 Å². The van der Waals surface area contributed by atoms with Crippen LogP contribution < -0.4 is 0 Å². The first-order valence-electron chi connectivity index (χ1n) is 5.62. The van der Waals surface area contributed by atoms with Crippen molar-refractivity contribution in [1.29, 1.82) is 5.26 Å². The van der Waals surface area contributed by atoms with Gasteiger partial charge < -0.3 is 9.47 Å². The Balaban J connectivity index is 0.000000487. The lowest BCUT2D eigenvalue weighted by Gasteiger charge is -2.25. The van der Waals surface area contributed by atoms with Gasteiger partial charge in [0.05, 0.1) is 14.2 Å². The molecule has 1 aliphatic rings. The van der Waals surface area contributed by atoms with Crippen LogP contribution in [-0.2, 0) is 14.3 Å². The standard InChI is InChI=1S/C10H18O2.C2H3NO/c1-8-4-3-5-9(6-8)7-10(11)12-2;1-4-2-3/h8-9H,3-7H2,1-2H3;1H3. The van der Waals surface area contributed by atoms with Crippen LogP contribution in [0.15, 0.2) is 0 Å². The average Bonchev–Trinajstić information content (AvgIpc) is 2.29. The van der Waals surface area contributed by atoms with E-state index in [1.165, 1.54) is 46.2 Å². The predicted octanol–water partition coefficient (Wildman–Crippen LogP) is 2.49. The fraction of sp³-hybridized carbons (Fsp3) is 0.833. The molecule has 92 valence electrons. The number of esters is 1. The lowest BCUT2D eigenvalue weighted by atomic mass is 9.81. The van der Waals surface area contributed by atoms with Gasteiger partial charge in [-0.25, -0.2) is 0 Å². The molecule has 0 heterocycles. The number of nitriles is 1. The summed E-state index contributed by atoms with van der Waals surface area (Å²) in [5.74, 6) is 1.34. The summed E-state index contributed by atoms with van der Waals surface area (Å²) in [4.78, 5) is 11.0. The van der Waals surface area contributed by atoms with Crippen LogP contribution >= 0.6 is 0 Å². The minimum atomic E-state index is -0.0471. The summed E-state index contributed by atoms with van der Waals surface area (Å²) < 4.78 is 8.50. The third-order valence-electron chi connectivity index (χ3n) is 2.82. The van der Waals surface area contributed by atoms with Gasteiger partial charge in [0.1, 0.15) is 0 Å². The Bertz CT molecular complexity index is 235. The molecule has 0 aliphatic heterocycles. The van der Waals surface area contributed by atoms with Crippen molar-refractivity contribution in [2.24, 2.45) is 11.8 Å². The van der Waals surface area contributed by atoms with Gasteiger partial charge in [0.25, 0.3) is 6.26 Å². The van der Waals surface area contributed by atoms with Crippen molar-refractivity contribution in [3.05, 3.63) is 0 Å². The normalized spacial score (nSPS) is 23.4. The van der Waals surface area contributed by atoms with Gasteiger partial charge in [-0.1, -0.05) is 19.8 Å². The smallest absolute Gasteiger partial charge is 0.305 e. The van der Waals surface area contributed by atoms with E-state index in [0.29, 0.717) is 12.3 Å². The Kier molecular flexibility index (Phi) is 8.32. The van der Waals surface area contributed by atoms with Crippen molar-refractivity contribution in [1.82, 2.24) is 0 Å². The molecule has 2 unspecified atom stereocenters. The molecule has 4 heteroatoms. The van der Waals surface area contributed by atoms with Crippen LogP contribution in [0.1, 0.15) is 39.0 Å². The van der Waals surface area contributed by atoms with Crippen LogP contribution in [0.2, 0.25) is 0 Å². The maximum absolute atomic E-state index is 11.0. The molecule has 0 spiro atoms. The van der Waals surface area contributed by atoms with Crippen molar-refractivity contribution < 1.29 is 14.3 Å². The maximum Gasteiger partial charge on any atom is 0.305 e. The van der Waals surface area contributed by atoms with E-state index in [1.54, 1.807) is 0 Å². The predicted molar refractivity (Wildman–Crippen MR) is 60.4 cm³/mol. The number of hydrogen-bond donors (Lipinski definition) is 0. The monoisotopic (exact) mass is 227 g/mol. The van der Waals surface area contributed by atoms with Crippen LogP contribution in [0.5, 0.6) is 0 Å². The number of carbonyl (C=O) groups excluding carboxylic acids is 1. The van der Waals surface area contributed by atoms with E-state index in [4.69, 9.17) is 5.26 Å². The Morgan fingerprint density at radius 1 is 1.44 bits per heavy atom. The van der Waals surface area contributed by atoms with Gasteiger partial charge in [-0.05, 0) is 24.7 Å². The molecule has 0 amide bonds. The minimum Gasteiger partial charge on any atom is -0.469 e. The van der Waals surface area contributed by atoms with E-state index < -0.39 is 0 Å². The third-order valence-corrected chi connectivity index (χ3v) is 2.82. The van der Waals surface area contributed by atoms with Gasteiger partial charge in [0.15, 0.2) is 0 Å². The highest BCUT2D eigenvalue weighted by atomic mass is 16.5. The molecule has 0 radical (unpaired) electrons. The average molecular weight is 227 g/mol. The van der Waals surface area contributed by atoms with Crippen molar-refractivity contribution in [3.8, 4) is 6.26 Å². The SMILES string of the molecule is COC#N.COC(=O)CC1CCCC(C)C1. The molecular weight excluding hydrogens is 206 g/mol. The second-order valence-corrected chi connectivity index (χ2v) is 4.21. The van der Waals surface area contributed by atoms with Gasteiger partial charge >= 0.3 is 5.97 Å². The van der Waals surface area contributed by atoms with E-state index in [0.717, 1.165) is 5.92 Å². The van der Waals surface area contributed by atoms with Crippen molar-refractivity contribution in [2.45, 2.75) is 39.0 Å². The first kappa shape index (κ1) is 14.8. The Morgan fingerprint density at radius 3 is 2.50 bits per heavy atom. The third kappa shape index (κ3) is 7.10. The Labute approximate surface area is 97.5 Å². The molecule has 0 aromatic rings. The van der Waals surface area contributed by atoms with E-state index in [9.17, 15) is 4.79 Å². The lowest BCUT2D eigenvalue weighted by Crippen LogP contribution is -2.17. The maximum atomic E-state index is 11.0. The molecule has 0 aromatic heterocycles. The molecule has 0 bridgehead atoms. The van der Waals surface area contributed by atoms with Gasteiger partial charge in [-0.2, -0.15) is 5.26 Å². The number of nitrogens with zero attached hydrogens (tertiary/aromatic N) is 1. The second kappa shape index (κ2) is 9.02. The minimum absolute atomic E-state index is 0.0471. The van der Waals surface area contributed by atoms with Crippen LogP contribution in [0.3, 0.4) is 0 Å². The summed E-state index contributed by atoms with van der Waals surface area (Å²) in [7, 11) is 2.79. The highest BCUT2D eigenvalue weighted by Crippen LogP contribution is 2.30. The van der Waals surface area contributed by atoms with Gasteiger partial charge in [-0.3, -0.25) is 4.79 Å². The Hall–Kier alpha value is -1.24. The summed E-state index contributed by atoms with van der Waals surface area (Å²) in [6.07, 6.45) is 7.08. The van der Waals surface area contributed by atoms with Crippen molar-refractivity contribution in [3.63, 3.8) is 0 Å². The quantitative estimate of drug-likeness (QED) is 0.537. The molecular formula is C12H21NO3. The van der Waals surface area contributed by atoms with Gasteiger partial charge in [0.2, 0.25) is 0 Å². The van der Waals surface area contributed by atoms with Crippen LogP contribution in [0, 0.1) is 23.4 Å². The van der Waals surface area contributed by atoms with E-state index in [2.05, 4.69) is 16.4 Å². The topological polar surface area (TPSA) is 59.3 Å². The zero-order valence-corrected chi connectivity index (χ0v) is 10.4. The molecule has 1 aliphatic carbocycles. The fourth-order valence-electron chi connectivity index (χ4n) is 2.06. The molecule has 16 heavy (non-hydrogen) atoms. The van der Waals surface area contributed by atoms with Crippen LogP contribution in [-0.4, -0.2) is 20.2 Å². The molecule has 0 saturated heterocycles. The summed E-state index contributed by atoms with van der Waals surface area (Å²) >= 11 is 0. The van der Waals surface area contributed by atoms with E-state index in [-0.39, 0.29) is 5.97 Å². The van der Waals surface area contributed by atoms with Crippen molar-refractivity contribution >= 4 is 5.97 Å². The first-order chi connectivity index (χ1) is 7.63. The first-order valence-corrected chi connectivity index (χ1v) is 5.62. The number of ether oxygens (including phenoxy) is 2. The molecule has 1 saturated carbocycles. The summed E-state index contributed by atoms with van der Waals surface area (Å²) in [6.45, 7) is 2.27. The largest absolute Gasteiger partial charge is 0.469 e. The second-order valence-electron chi connectivity index (χ2n) is 4.21. The molecule has 0 aromatic carbocycles. The number of methoxy groups -OCH3 is 2. The zero-order valence-electron chi connectivity index (χ0n) is 10.4. The van der Waals surface area contributed by atoms with Crippen LogP contribution in [0.25, 0.3) is 0 Å². The fourth-order valence-corrected chi connectivity index (χ4v) is 2.06. The number of carbonyl (C=O) groups is 1. The molecule has 4 nitrogen and oxygen atoms in total. The Morgan fingerprint density at radius 2 is 2.06 bits per heavy atom. The molecule has 2 atom stereocenters. The molecule has 0 N–H and O–H groups in total. The summed E-state index contributed by atoms with van der Waals surface area (Å²) in [5.41, 5.74) is 0. The molecule has 1 rings (SSSR count). The highest BCUT2D eigenvalue weighted by molar-refractivity contribution is 5.69. The van der Waals surface area contributed by atoms with Gasteiger partial charge in [0, 0.05) is 6.42 Å². The van der Waals surface area contributed by atoms with Crippen molar-refractivity contribution in [2.75, 3.05) is 14.2 Å². The lowest BCUT2D eigenvalue weighted by molar-refractivity contribution is -0.142. The molecule has 1 fully saturated rings. The summed E-state index contributed by atoms with van der Waals surface area (Å²) in [6, 6.07) is 0. The number of rotatable bonds is 2. The summed E-state index contributed by atoms with van der Waals surface area (Å²) in [5, 5.41) is 7.40. The highest BCUT2D eigenvalue weighted by Gasteiger charge is 2.21. The zero-order chi connectivity index (χ0) is 12.4. The number of hydrogen-bond acceptors (Lipinski definition) is 4.